The fourth-order valence-electron chi connectivity index (χ4n) is 3.67. The lowest BCUT2D eigenvalue weighted by Crippen LogP contribution is -2.48. The van der Waals surface area contributed by atoms with Crippen molar-refractivity contribution in [3.05, 3.63) is 0 Å². The molecule has 0 aromatic carbocycles. The van der Waals surface area contributed by atoms with E-state index in [2.05, 4.69) is 9.80 Å². The first-order chi connectivity index (χ1) is 10.3. The minimum absolute atomic E-state index is 0.360. The van der Waals surface area contributed by atoms with E-state index in [1.165, 1.54) is 44.9 Å². The number of carbonyl (C=O) groups excluding carboxylic acids is 1. The first-order valence-corrected chi connectivity index (χ1v) is 8.82. The van der Waals surface area contributed by atoms with Crippen molar-refractivity contribution < 1.29 is 9.53 Å². The molecule has 2 aliphatic heterocycles. The predicted molar refractivity (Wildman–Crippen MR) is 85.4 cm³/mol. The number of piperidine rings is 1. The molecular weight excluding hydrogens is 264 g/mol. The Kier molecular flexibility index (Phi) is 7.51. The Bertz CT molecular complexity index is 301. The number of nitrogens with zero attached hydrogens (tertiary/aromatic N) is 2. The van der Waals surface area contributed by atoms with Crippen molar-refractivity contribution >= 4 is 5.91 Å². The molecule has 1 unspecified atom stereocenters. The third-order valence-electron chi connectivity index (χ3n) is 4.89. The Balaban J connectivity index is 1.82. The van der Waals surface area contributed by atoms with Gasteiger partial charge in [0.25, 0.3) is 0 Å². The quantitative estimate of drug-likeness (QED) is 0.707. The van der Waals surface area contributed by atoms with Gasteiger partial charge >= 0.3 is 0 Å². The van der Waals surface area contributed by atoms with E-state index in [0.29, 0.717) is 18.5 Å². The molecule has 0 spiro atoms. The van der Waals surface area contributed by atoms with Crippen LogP contribution in [-0.4, -0.2) is 61.6 Å². The maximum absolute atomic E-state index is 12.7. The summed E-state index contributed by atoms with van der Waals surface area (Å²) in [5.41, 5.74) is 0. The Morgan fingerprint density at radius 3 is 2.48 bits per heavy atom. The molecule has 0 radical (unpaired) electrons. The fraction of sp³-hybridized carbons (Fsp3) is 0.941. The second-order valence-corrected chi connectivity index (χ2v) is 6.56. The van der Waals surface area contributed by atoms with Crippen molar-refractivity contribution in [3.8, 4) is 0 Å². The summed E-state index contributed by atoms with van der Waals surface area (Å²) in [5, 5.41) is 0. The van der Waals surface area contributed by atoms with E-state index in [9.17, 15) is 4.79 Å². The maximum atomic E-state index is 12.7. The van der Waals surface area contributed by atoms with E-state index in [1.807, 2.05) is 0 Å². The first-order valence-electron chi connectivity index (χ1n) is 8.82. The van der Waals surface area contributed by atoms with Crippen LogP contribution in [0.15, 0.2) is 0 Å². The number of carbonyl (C=O) groups is 1. The minimum atomic E-state index is 0.360. The lowest BCUT2D eigenvalue weighted by Gasteiger charge is -2.37. The van der Waals surface area contributed by atoms with Crippen LogP contribution in [0, 0.1) is 0 Å². The van der Waals surface area contributed by atoms with Gasteiger partial charge in [-0.2, -0.15) is 0 Å². The Morgan fingerprint density at radius 2 is 1.76 bits per heavy atom. The smallest absolute Gasteiger partial charge is 0.236 e. The van der Waals surface area contributed by atoms with Crippen molar-refractivity contribution in [1.29, 1.82) is 0 Å². The molecule has 0 aliphatic carbocycles. The molecule has 2 aliphatic rings. The molecule has 2 fully saturated rings. The van der Waals surface area contributed by atoms with Gasteiger partial charge in [0.15, 0.2) is 0 Å². The van der Waals surface area contributed by atoms with E-state index in [0.717, 1.165) is 39.1 Å². The molecule has 1 amide bonds. The van der Waals surface area contributed by atoms with Gasteiger partial charge in [-0.15, -0.1) is 0 Å². The molecule has 0 aromatic heterocycles. The van der Waals surface area contributed by atoms with Gasteiger partial charge in [-0.05, 0) is 58.0 Å². The van der Waals surface area contributed by atoms with Gasteiger partial charge < -0.3 is 9.64 Å². The summed E-state index contributed by atoms with van der Waals surface area (Å²) in [6, 6.07) is 0.452. The van der Waals surface area contributed by atoms with E-state index >= 15 is 0 Å². The zero-order valence-corrected chi connectivity index (χ0v) is 13.7. The molecule has 2 rings (SSSR count). The Labute approximate surface area is 129 Å². The number of rotatable bonds is 6. The average molecular weight is 296 g/mol. The molecule has 21 heavy (non-hydrogen) atoms. The molecule has 2 heterocycles. The van der Waals surface area contributed by atoms with Crippen molar-refractivity contribution in [2.45, 2.75) is 63.8 Å². The highest BCUT2D eigenvalue weighted by molar-refractivity contribution is 5.78. The topological polar surface area (TPSA) is 32.8 Å². The zero-order chi connectivity index (χ0) is 14.9. The van der Waals surface area contributed by atoms with Gasteiger partial charge in [0.1, 0.15) is 0 Å². The summed E-state index contributed by atoms with van der Waals surface area (Å²) in [4.78, 5) is 17.2. The highest BCUT2D eigenvalue weighted by Gasteiger charge is 2.27. The van der Waals surface area contributed by atoms with E-state index in [4.69, 9.17) is 4.74 Å². The van der Waals surface area contributed by atoms with Crippen LogP contribution < -0.4 is 0 Å². The molecule has 0 aromatic rings. The summed E-state index contributed by atoms with van der Waals surface area (Å²) >= 11 is 0. The SMILES string of the molecule is COCCCC1CCCCN1C(=O)CN1CCCCCC1. The molecule has 4 nitrogen and oxygen atoms in total. The molecule has 0 saturated carbocycles. The second kappa shape index (κ2) is 9.42. The van der Waals surface area contributed by atoms with Crippen molar-refractivity contribution in [3.63, 3.8) is 0 Å². The summed E-state index contributed by atoms with van der Waals surface area (Å²) in [5.74, 6) is 0.360. The number of ether oxygens (including phenoxy) is 1. The second-order valence-electron chi connectivity index (χ2n) is 6.56. The number of likely N-dealkylation sites (tertiary alicyclic amines) is 2. The van der Waals surface area contributed by atoms with Crippen LogP contribution in [0.5, 0.6) is 0 Å². The lowest BCUT2D eigenvalue weighted by molar-refractivity contribution is -0.136. The lowest BCUT2D eigenvalue weighted by atomic mass is 9.98. The number of hydrogen-bond acceptors (Lipinski definition) is 3. The van der Waals surface area contributed by atoms with Gasteiger partial charge in [-0.1, -0.05) is 12.8 Å². The van der Waals surface area contributed by atoms with Gasteiger partial charge in [0, 0.05) is 26.3 Å². The minimum Gasteiger partial charge on any atom is -0.385 e. The largest absolute Gasteiger partial charge is 0.385 e. The molecule has 0 bridgehead atoms. The Morgan fingerprint density at radius 1 is 1.05 bits per heavy atom. The number of amides is 1. The Hall–Kier alpha value is -0.610. The molecule has 2 saturated heterocycles. The van der Waals surface area contributed by atoms with Crippen molar-refractivity contribution in [2.24, 2.45) is 0 Å². The van der Waals surface area contributed by atoms with Crippen LogP contribution in [0.2, 0.25) is 0 Å². The van der Waals surface area contributed by atoms with Gasteiger partial charge in [0.05, 0.1) is 6.54 Å². The number of hydrogen-bond donors (Lipinski definition) is 0. The standard InChI is InChI=1S/C17H32N2O2/c1-21-14-8-10-16-9-4-7-13-19(16)17(20)15-18-11-5-2-3-6-12-18/h16H,2-15H2,1H3. The van der Waals surface area contributed by atoms with Gasteiger partial charge in [-0.25, -0.2) is 0 Å². The third-order valence-corrected chi connectivity index (χ3v) is 4.89. The third kappa shape index (κ3) is 5.59. The molecule has 122 valence electrons. The summed E-state index contributed by atoms with van der Waals surface area (Å²) in [6.07, 6.45) is 10.9. The molecule has 0 N–H and O–H groups in total. The van der Waals surface area contributed by atoms with Gasteiger partial charge in [0.2, 0.25) is 5.91 Å². The highest BCUT2D eigenvalue weighted by atomic mass is 16.5. The summed E-state index contributed by atoms with van der Waals surface area (Å²) < 4.78 is 5.15. The number of methoxy groups -OCH3 is 1. The average Bonchev–Trinajstić information content (AvgIpc) is 2.76. The van der Waals surface area contributed by atoms with Crippen LogP contribution in [0.1, 0.15) is 57.8 Å². The van der Waals surface area contributed by atoms with E-state index in [1.54, 1.807) is 7.11 Å². The fourth-order valence-corrected chi connectivity index (χ4v) is 3.67. The molecule has 4 heteroatoms. The van der Waals surface area contributed by atoms with Crippen LogP contribution in [0.3, 0.4) is 0 Å². The molecular formula is C17H32N2O2. The maximum Gasteiger partial charge on any atom is 0.236 e. The van der Waals surface area contributed by atoms with Crippen LogP contribution in [0.4, 0.5) is 0 Å². The van der Waals surface area contributed by atoms with Crippen molar-refractivity contribution in [1.82, 2.24) is 9.80 Å². The van der Waals surface area contributed by atoms with E-state index in [-0.39, 0.29) is 0 Å². The van der Waals surface area contributed by atoms with Crippen molar-refractivity contribution in [2.75, 3.05) is 39.9 Å². The van der Waals surface area contributed by atoms with Crippen LogP contribution in [-0.2, 0) is 9.53 Å². The van der Waals surface area contributed by atoms with Crippen LogP contribution >= 0.6 is 0 Å². The monoisotopic (exact) mass is 296 g/mol. The zero-order valence-electron chi connectivity index (χ0n) is 13.7. The van der Waals surface area contributed by atoms with E-state index < -0.39 is 0 Å². The highest BCUT2D eigenvalue weighted by Crippen LogP contribution is 2.21. The van der Waals surface area contributed by atoms with Crippen LogP contribution in [0.25, 0.3) is 0 Å². The molecule has 1 atom stereocenters. The first kappa shape index (κ1) is 16.8. The van der Waals surface area contributed by atoms with Gasteiger partial charge in [-0.3, -0.25) is 9.69 Å². The normalized spacial score (nSPS) is 24.8. The summed E-state index contributed by atoms with van der Waals surface area (Å²) in [7, 11) is 1.75. The summed E-state index contributed by atoms with van der Waals surface area (Å²) in [6.45, 7) is 4.62. The predicted octanol–water partition coefficient (Wildman–Crippen LogP) is 2.67.